The van der Waals surface area contributed by atoms with Crippen LogP contribution in [0, 0.1) is 0 Å². The number of ether oxygens (including phenoxy) is 1. The van der Waals surface area contributed by atoms with Gasteiger partial charge in [-0.3, -0.25) is 4.79 Å². The minimum atomic E-state index is -1.49. The van der Waals surface area contributed by atoms with E-state index in [1.165, 1.54) is 45.2 Å². The fourth-order valence-electron chi connectivity index (χ4n) is 2.98. The van der Waals surface area contributed by atoms with Gasteiger partial charge in [0.1, 0.15) is 28.2 Å². The zero-order chi connectivity index (χ0) is 21.5. The van der Waals surface area contributed by atoms with E-state index in [0.717, 1.165) is 6.07 Å². The first-order valence-corrected chi connectivity index (χ1v) is 8.83. The van der Waals surface area contributed by atoms with E-state index in [1.54, 1.807) is 0 Å². The highest BCUT2D eigenvalue weighted by Crippen LogP contribution is 2.39. The zero-order valence-corrected chi connectivity index (χ0v) is 16.1. The molecule has 0 aliphatic rings. The predicted octanol–water partition coefficient (Wildman–Crippen LogP) is 2.26. The van der Waals surface area contributed by atoms with Crippen LogP contribution in [0.2, 0.25) is 0 Å². The Morgan fingerprint density at radius 2 is 1.76 bits per heavy atom. The summed E-state index contributed by atoms with van der Waals surface area (Å²) in [5, 5.41) is 50.3. The van der Waals surface area contributed by atoms with E-state index in [0.29, 0.717) is 5.56 Å². The summed E-state index contributed by atoms with van der Waals surface area (Å²) in [4.78, 5) is 13.0. The Hall–Kier alpha value is -3.23. The van der Waals surface area contributed by atoms with E-state index in [-0.39, 0.29) is 40.2 Å². The van der Waals surface area contributed by atoms with Gasteiger partial charge in [0.25, 0.3) is 0 Å². The van der Waals surface area contributed by atoms with Crippen LogP contribution in [0.5, 0.6) is 23.0 Å². The number of benzene rings is 2. The van der Waals surface area contributed by atoms with Crippen molar-refractivity contribution in [3.63, 3.8) is 0 Å². The SMILES string of the molecule is COc1c(-c2ccc(O)cc2)oc2cc(O)c(CC(O)C(C)(C)O)c(O)c2c1=O. The van der Waals surface area contributed by atoms with Crippen molar-refractivity contribution in [2.24, 2.45) is 0 Å². The first-order chi connectivity index (χ1) is 13.5. The summed E-state index contributed by atoms with van der Waals surface area (Å²) < 4.78 is 10.9. The van der Waals surface area contributed by atoms with E-state index < -0.39 is 28.6 Å². The van der Waals surface area contributed by atoms with Crippen molar-refractivity contribution in [1.29, 1.82) is 0 Å². The highest BCUT2D eigenvalue weighted by molar-refractivity contribution is 5.90. The van der Waals surface area contributed by atoms with Gasteiger partial charge < -0.3 is 34.7 Å². The summed E-state index contributed by atoms with van der Waals surface area (Å²) in [5.74, 6) is -1.04. The maximum absolute atomic E-state index is 13.0. The molecule has 0 aliphatic heterocycles. The quantitative estimate of drug-likeness (QED) is 0.438. The third kappa shape index (κ3) is 3.72. The number of hydrogen-bond donors (Lipinski definition) is 5. The number of aliphatic hydroxyl groups is 2. The minimum Gasteiger partial charge on any atom is -0.508 e. The molecule has 154 valence electrons. The summed E-state index contributed by atoms with van der Waals surface area (Å²) >= 11 is 0. The molecule has 29 heavy (non-hydrogen) atoms. The Balaban J connectivity index is 2.26. The molecule has 0 spiro atoms. The predicted molar refractivity (Wildman–Crippen MR) is 105 cm³/mol. The van der Waals surface area contributed by atoms with E-state index in [2.05, 4.69) is 0 Å². The molecule has 8 nitrogen and oxygen atoms in total. The maximum atomic E-state index is 13.0. The lowest BCUT2D eigenvalue weighted by atomic mass is 9.93. The molecule has 0 aliphatic carbocycles. The number of aromatic hydroxyl groups is 3. The molecule has 5 N–H and O–H groups in total. The molecule has 0 radical (unpaired) electrons. The average molecular weight is 402 g/mol. The van der Waals surface area contributed by atoms with E-state index in [1.807, 2.05) is 0 Å². The molecule has 0 amide bonds. The van der Waals surface area contributed by atoms with Gasteiger partial charge in [0.15, 0.2) is 5.76 Å². The van der Waals surface area contributed by atoms with Gasteiger partial charge in [-0.05, 0) is 38.1 Å². The molecule has 0 saturated carbocycles. The molecular formula is C21H22O8. The first-order valence-electron chi connectivity index (χ1n) is 8.83. The topological polar surface area (TPSA) is 141 Å². The second kappa shape index (κ2) is 7.31. The van der Waals surface area contributed by atoms with Crippen LogP contribution in [0.4, 0.5) is 0 Å². The molecule has 0 saturated heterocycles. The number of fused-ring (bicyclic) bond motifs is 1. The molecule has 0 bridgehead atoms. The minimum absolute atomic E-state index is 0.0288. The number of aliphatic hydroxyl groups excluding tert-OH is 1. The van der Waals surface area contributed by atoms with Gasteiger partial charge in [0.2, 0.25) is 11.2 Å². The van der Waals surface area contributed by atoms with Crippen LogP contribution in [0.15, 0.2) is 39.5 Å². The van der Waals surface area contributed by atoms with Crippen molar-refractivity contribution in [2.75, 3.05) is 7.11 Å². The number of phenolic OH excluding ortho intramolecular Hbond substituents is 3. The Kier molecular flexibility index (Phi) is 5.16. The smallest absolute Gasteiger partial charge is 0.239 e. The van der Waals surface area contributed by atoms with Crippen LogP contribution in [0.3, 0.4) is 0 Å². The highest BCUT2D eigenvalue weighted by Gasteiger charge is 2.29. The number of rotatable bonds is 5. The van der Waals surface area contributed by atoms with E-state index in [4.69, 9.17) is 9.15 Å². The normalized spacial score (nSPS) is 12.9. The van der Waals surface area contributed by atoms with E-state index >= 15 is 0 Å². The van der Waals surface area contributed by atoms with Crippen LogP contribution in [0.1, 0.15) is 19.4 Å². The second-order valence-electron chi connectivity index (χ2n) is 7.31. The van der Waals surface area contributed by atoms with Gasteiger partial charge in [-0.1, -0.05) is 0 Å². The molecule has 1 atom stereocenters. The summed E-state index contributed by atoms with van der Waals surface area (Å²) in [6.45, 7) is 2.77. The van der Waals surface area contributed by atoms with Crippen molar-refractivity contribution in [2.45, 2.75) is 32.0 Å². The lowest BCUT2D eigenvalue weighted by Crippen LogP contribution is -2.37. The van der Waals surface area contributed by atoms with Crippen LogP contribution in [-0.2, 0) is 6.42 Å². The monoisotopic (exact) mass is 402 g/mol. The Labute approximate surface area is 165 Å². The summed E-state index contributed by atoms with van der Waals surface area (Å²) in [6.07, 6.45) is -1.60. The van der Waals surface area contributed by atoms with Crippen molar-refractivity contribution >= 4 is 11.0 Å². The zero-order valence-electron chi connectivity index (χ0n) is 16.1. The molecule has 8 heteroatoms. The maximum Gasteiger partial charge on any atom is 0.239 e. The van der Waals surface area contributed by atoms with Crippen LogP contribution in [-0.4, -0.2) is 44.3 Å². The Morgan fingerprint density at radius 3 is 2.31 bits per heavy atom. The highest BCUT2D eigenvalue weighted by atomic mass is 16.5. The van der Waals surface area contributed by atoms with Crippen LogP contribution in [0.25, 0.3) is 22.3 Å². The van der Waals surface area contributed by atoms with Gasteiger partial charge in [-0.2, -0.15) is 0 Å². The van der Waals surface area contributed by atoms with Gasteiger partial charge >= 0.3 is 0 Å². The molecular weight excluding hydrogens is 380 g/mol. The number of methoxy groups -OCH3 is 1. The Morgan fingerprint density at radius 1 is 1.14 bits per heavy atom. The van der Waals surface area contributed by atoms with Crippen LogP contribution >= 0.6 is 0 Å². The molecule has 1 heterocycles. The van der Waals surface area contributed by atoms with Crippen molar-refractivity contribution in [3.8, 4) is 34.3 Å². The van der Waals surface area contributed by atoms with E-state index in [9.17, 15) is 30.3 Å². The molecule has 3 aromatic rings. The van der Waals surface area contributed by atoms with Gasteiger partial charge in [-0.15, -0.1) is 0 Å². The molecule has 1 unspecified atom stereocenters. The lowest BCUT2D eigenvalue weighted by Gasteiger charge is -2.25. The molecule has 1 aromatic heterocycles. The Bertz CT molecular complexity index is 1110. The van der Waals surface area contributed by atoms with Crippen molar-refractivity contribution in [3.05, 3.63) is 46.1 Å². The fraction of sp³-hybridized carbons (Fsp3) is 0.286. The van der Waals surface area contributed by atoms with Crippen molar-refractivity contribution in [1.82, 2.24) is 0 Å². The van der Waals surface area contributed by atoms with Gasteiger partial charge in [-0.25, -0.2) is 0 Å². The van der Waals surface area contributed by atoms with Gasteiger partial charge in [0.05, 0.1) is 18.8 Å². The average Bonchev–Trinajstić information content (AvgIpc) is 2.64. The largest absolute Gasteiger partial charge is 0.508 e. The second-order valence-corrected chi connectivity index (χ2v) is 7.31. The molecule has 0 fully saturated rings. The van der Waals surface area contributed by atoms with Crippen molar-refractivity contribution < 1.29 is 34.7 Å². The molecule has 2 aromatic carbocycles. The third-order valence-corrected chi connectivity index (χ3v) is 4.74. The van der Waals surface area contributed by atoms with Crippen LogP contribution < -0.4 is 10.2 Å². The summed E-state index contributed by atoms with van der Waals surface area (Å²) in [5.41, 5.74) is -1.90. The lowest BCUT2D eigenvalue weighted by molar-refractivity contribution is -0.0472. The number of phenols is 3. The summed E-state index contributed by atoms with van der Waals surface area (Å²) in [7, 11) is 1.28. The molecule has 3 rings (SSSR count). The fourth-order valence-corrected chi connectivity index (χ4v) is 2.98. The van der Waals surface area contributed by atoms with Gasteiger partial charge in [0, 0.05) is 23.6 Å². The standard InChI is InChI=1S/C21H22O8/c1-21(2,27)15(24)8-12-13(23)9-14-16(17(12)25)18(26)20(28-3)19(29-14)10-4-6-11(22)7-5-10/h4-7,9,15,22-25,27H,8H2,1-3H3. The first kappa shape index (κ1) is 20.5. The third-order valence-electron chi connectivity index (χ3n) is 4.74. The number of hydrogen-bond acceptors (Lipinski definition) is 8. The summed E-state index contributed by atoms with van der Waals surface area (Å²) in [6, 6.07) is 7.03.